The van der Waals surface area contributed by atoms with Gasteiger partial charge in [-0.3, -0.25) is 4.79 Å². The summed E-state index contributed by atoms with van der Waals surface area (Å²) in [4.78, 5) is 19.0. The van der Waals surface area contributed by atoms with Gasteiger partial charge >= 0.3 is 0 Å². The van der Waals surface area contributed by atoms with E-state index in [-0.39, 0.29) is 29.6 Å². The summed E-state index contributed by atoms with van der Waals surface area (Å²) in [5.41, 5.74) is 2.54. The van der Waals surface area contributed by atoms with E-state index in [2.05, 4.69) is 10.5 Å². The summed E-state index contributed by atoms with van der Waals surface area (Å²) in [6.45, 7) is 3.09. The van der Waals surface area contributed by atoms with Crippen LogP contribution in [0.2, 0.25) is 0 Å². The van der Waals surface area contributed by atoms with Crippen LogP contribution in [0.15, 0.2) is 29.4 Å². The summed E-state index contributed by atoms with van der Waals surface area (Å²) >= 11 is 0. The predicted molar refractivity (Wildman–Crippen MR) is 110 cm³/mol. The summed E-state index contributed by atoms with van der Waals surface area (Å²) in [5, 5.41) is 7.31. The SMILES string of the molecule is Cc1ccccc1C1=NO[C@@H](CC2(C(=O)N[C@H]3CCS(=O)(=O)C3)CCOCC2)C1. The number of nitrogens with zero attached hydrogens (tertiary/aromatic N) is 1. The van der Waals surface area contributed by atoms with Gasteiger partial charge in [-0.15, -0.1) is 0 Å². The number of aryl methyl sites for hydroxylation is 1. The highest BCUT2D eigenvalue weighted by molar-refractivity contribution is 7.91. The molecule has 1 aromatic carbocycles. The lowest BCUT2D eigenvalue weighted by Crippen LogP contribution is -2.50. The van der Waals surface area contributed by atoms with Crippen molar-refractivity contribution in [2.24, 2.45) is 10.6 Å². The van der Waals surface area contributed by atoms with Gasteiger partial charge in [-0.25, -0.2) is 8.42 Å². The third-order valence-electron chi connectivity index (χ3n) is 6.31. The summed E-state index contributed by atoms with van der Waals surface area (Å²) in [5.74, 6) is 0.106. The molecule has 29 heavy (non-hydrogen) atoms. The maximum Gasteiger partial charge on any atom is 0.226 e. The van der Waals surface area contributed by atoms with E-state index in [0.717, 1.165) is 16.8 Å². The highest BCUT2D eigenvalue weighted by atomic mass is 32.2. The van der Waals surface area contributed by atoms with E-state index in [9.17, 15) is 13.2 Å². The molecule has 0 spiro atoms. The highest BCUT2D eigenvalue weighted by Crippen LogP contribution is 2.39. The Balaban J connectivity index is 1.44. The Morgan fingerprint density at radius 3 is 2.72 bits per heavy atom. The van der Waals surface area contributed by atoms with E-state index < -0.39 is 15.3 Å². The standard InChI is InChI=1S/C21H28N2O5S/c1-15-4-2-3-5-18(15)19-12-17(28-23-19)13-21(7-9-27-10-8-21)20(24)22-16-6-11-29(25,26)14-16/h2-5,16-17H,6-14H2,1H3,(H,22,24)/t16-,17+/m0/s1. The van der Waals surface area contributed by atoms with Gasteiger partial charge in [0, 0.05) is 37.7 Å². The quantitative estimate of drug-likeness (QED) is 0.786. The second-order valence-corrected chi connectivity index (χ2v) is 10.7. The minimum atomic E-state index is -3.04. The van der Waals surface area contributed by atoms with Gasteiger partial charge in [-0.05, 0) is 31.7 Å². The van der Waals surface area contributed by atoms with E-state index in [0.29, 0.717) is 45.3 Å². The lowest BCUT2D eigenvalue weighted by atomic mass is 9.74. The van der Waals surface area contributed by atoms with E-state index in [1.807, 2.05) is 31.2 Å². The molecule has 0 radical (unpaired) electrons. The monoisotopic (exact) mass is 420 g/mol. The Kier molecular flexibility index (Phi) is 5.66. The molecule has 1 amide bonds. The van der Waals surface area contributed by atoms with Crippen molar-refractivity contribution in [1.29, 1.82) is 0 Å². The third-order valence-corrected chi connectivity index (χ3v) is 8.07. The average Bonchev–Trinajstić information content (AvgIpc) is 3.28. The van der Waals surface area contributed by atoms with Crippen molar-refractivity contribution in [3.63, 3.8) is 0 Å². The van der Waals surface area contributed by atoms with Crippen LogP contribution in [0.5, 0.6) is 0 Å². The van der Waals surface area contributed by atoms with Gasteiger partial charge in [-0.1, -0.05) is 29.4 Å². The molecule has 3 heterocycles. The summed E-state index contributed by atoms with van der Waals surface area (Å²) in [7, 11) is -3.04. The molecule has 2 saturated heterocycles. The van der Waals surface area contributed by atoms with Gasteiger partial charge in [0.05, 0.1) is 22.6 Å². The normalized spacial score (nSPS) is 27.8. The molecule has 2 atom stereocenters. The predicted octanol–water partition coefficient (Wildman–Crippen LogP) is 1.98. The van der Waals surface area contributed by atoms with Gasteiger partial charge in [-0.2, -0.15) is 0 Å². The van der Waals surface area contributed by atoms with Gasteiger partial charge in [0.2, 0.25) is 5.91 Å². The number of benzene rings is 1. The highest BCUT2D eigenvalue weighted by Gasteiger charge is 2.45. The Hall–Kier alpha value is -1.93. The number of hydrogen-bond acceptors (Lipinski definition) is 6. The van der Waals surface area contributed by atoms with Crippen molar-refractivity contribution >= 4 is 21.5 Å². The van der Waals surface area contributed by atoms with Crippen LogP contribution in [0, 0.1) is 12.3 Å². The molecule has 1 aromatic rings. The number of nitrogens with one attached hydrogen (secondary N) is 1. The molecule has 0 aliphatic carbocycles. The van der Waals surface area contributed by atoms with Gasteiger partial charge in [0.15, 0.2) is 9.84 Å². The van der Waals surface area contributed by atoms with Crippen molar-refractivity contribution in [1.82, 2.24) is 5.32 Å². The number of amides is 1. The smallest absolute Gasteiger partial charge is 0.226 e. The molecular weight excluding hydrogens is 392 g/mol. The summed E-state index contributed by atoms with van der Waals surface area (Å²) in [6, 6.07) is 7.78. The minimum absolute atomic E-state index is 0.0335. The Morgan fingerprint density at radius 1 is 1.28 bits per heavy atom. The fourth-order valence-corrected chi connectivity index (χ4v) is 6.24. The van der Waals surface area contributed by atoms with Crippen LogP contribution in [0.1, 0.15) is 43.2 Å². The number of rotatable bonds is 5. The molecule has 3 aliphatic rings. The molecule has 0 saturated carbocycles. The lowest BCUT2D eigenvalue weighted by molar-refractivity contribution is -0.140. The molecule has 0 bridgehead atoms. The van der Waals surface area contributed by atoms with Crippen molar-refractivity contribution in [2.45, 2.75) is 51.2 Å². The van der Waals surface area contributed by atoms with E-state index >= 15 is 0 Å². The van der Waals surface area contributed by atoms with Gasteiger partial charge < -0.3 is 14.9 Å². The van der Waals surface area contributed by atoms with E-state index in [4.69, 9.17) is 9.57 Å². The molecular formula is C21H28N2O5S. The molecule has 3 aliphatic heterocycles. The average molecular weight is 421 g/mol. The van der Waals surface area contributed by atoms with Crippen LogP contribution in [-0.4, -0.2) is 56.9 Å². The Morgan fingerprint density at radius 2 is 2.03 bits per heavy atom. The number of ether oxygens (including phenoxy) is 1. The minimum Gasteiger partial charge on any atom is -0.392 e. The number of carbonyl (C=O) groups excluding carboxylic acids is 1. The Labute approximate surface area is 171 Å². The van der Waals surface area contributed by atoms with Crippen molar-refractivity contribution < 1.29 is 22.8 Å². The van der Waals surface area contributed by atoms with Crippen LogP contribution < -0.4 is 5.32 Å². The summed E-state index contributed by atoms with van der Waals surface area (Å²) in [6.07, 6.45) is 2.76. The molecule has 158 valence electrons. The topological polar surface area (TPSA) is 94.1 Å². The first-order chi connectivity index (χ1) is 13.9. The molecule has 7 nitrogen and oxygen atoms in total. The molecule has 2 fully saturated rings. The van der Waals surface area contributed by atoms with E-state index in [1.165, 1.54) is 0 Å². The van der Waals surface area contributed by atoms with Gasteiger partial charge in [0.25, 0.3) is 0 Å². The zero-order valence-corrected chi connectivity index (χ0v) is 17.5. The molecule has 8 heteroatoms. The van der Waals surface area contributed by atoms with Crippen LogP contribution >= 0.6 is 0 Å². The Bertz CT molecular complexity index is 905. The zero-order chi connectivity index (χ0) is 20.5. The first-order valence-corrected chi connectivity index (χ1v) is 12.1. The molecule has 0 unspecified atom stereocenters. The second kappa shape index (κ2) is 8.07. The third kappa shape index (κ3) is 4.48. The van der Waals surface area contributed by atoms with Crippen LogP contribution in [0.3, 0.4) is 0 Å². The number of carbonyl (C=O) groups is 1. The largest absolute Gasteiger partial charge is 0.392 e. The number of hydrogen-bond donors (Lipinski definition) is 1. The van der Waals surface area contributed by atoms with Gasteiger partial charge in [0.1, 0.15) is 6.10 Å². The zero-order valence-electron chi connectivity index (χ0n) is 16.7. The fourth-order valence-electron chi connectivity index (χ4n) is 4.56. The lowest BCUT2D eigenvalue weighted by Gasteiger charge is -2.37. The van der Waals surface area contributed by atoms with E-state index in [1.54, 1.807) is 0 Å². The fraction of sp³-hybridized carbons (Fsp3) is 0.619. The maximum absolute atomic E-state index is 13.2. The molecule has 4 rings (SSSR count). The van der Waals surface area contributed by atoms with Crippen molar-refractivity contribution in [2.75, 3.05) is 24.7 Å². The first kappa shape index (κ1) is 20.3. The summed E-state index contributed by atoms with van der Waals surface area (Å²) < 4.78 is 29.0. The first-order valence-electron chi connectivity index (χ1n) is 10.2. The molecule has 0 aromatic heterocycles. The van der Waals surface area contributed by atoms with Crippen LogP contribution in [-0.2, 0) is 24.2 Å². The van der Waals surface area contributed by atoms with Crippen LogP contribution in [0.25, 0.3) is 0 Å². The number of oxime groups is 1. The number of sulfone groups is 1. The maximum atomic E-state index is 13.2. The molecule has 1 N–H and O–H groups in total. The van der Waals surface area contributed by atoms with Crippen molar-refractivity contribution in [3.05, 3.63) is 35.4 Å². The van der Waals surface area contributed by atoms with Crippen LogP contribution in [0.4, 0.5) is 0 Å². The second-order valence-electron chi connectivity index (χ2n) is 8.45. The van der Waals surface area contributed by atoms with Crippen molar-refractivity contribution in [3.8, 4) is 0 Å².